The van der Waals surface area contributed by atoms with Gasteiger partial charge in [0, 0.05) is 11.9 Å². The molecule has 3 rings (SSSR count). The average Bonchev–Trinajstić information content (AvgIpc) is 2.94. The molecule has 0 spiro atoms. The lowest BCUT2D eigenvalue weighted by molar-refractivity contribution is -0.145. The Morgan fingerprint density at radius 3 is 2.44 bits per heavy atom. The monoisotopic (exact) mass is 567 g/mol. The Bertz CT molecular complexity index is 1320. The maximum atomic E-state index is 13.1. The average molecular weight is 568 g/mol. The molecule has 0 bridgehead atoms. The van der Waals surface area contributed by atoms with Crippen molar-refractivity contribution in [2.75, 3.05) is 6.54 Å². The van der Waals surface area contributed by atoms with E-state index in [2.05, 4.69) is 16.1 Å². The maximum absolute atomic E-state index is 13.1. The highest BCUT2D eigenvalue weighted by atomic mass is 16.4. The molecule has 0 unspecified atom stereocenters. The lowest BCUT2D eigenvalue weighted by Crippen LogP contribution is -2.61. The van der Waals surface area contributed by atoms with Crippen LogP contribution in [0.15, 0.2) is 36.4 Å². The molecule has 1 aromatic carbocycles. The Kier molecular flexibility index (Phi) is 10.2. The van der Waals surface area contributed by atoms with Gasteiger partial charge in [0.25, 0.3) is 5.91 Å². The summed E-state index contributed by atoms with van der Waals surface area (Å²) in [7, 11) is 0. The van der Waals surface area contributed by atoms with Gasteiger partial charge in [-0.2, -0.15) is 0 Å². The van der Waals surface area contributed by atoms with Gasteiger partial charge in [0.15, 0.2) is 0 Å². The zero-order chi connectivity index (χ0) is 30.5. The highest BCUT2D eigenvalue weighted by Gasteiger charge is 2.32. The van der Waals surface area contributed by atoms with E-state index in [9.17, 15) is 29.4 Å². The Morgan fingerprint density at radius 2 is 1.78 bits per heavy atom. The van der Waals surface area contributed by atoms with E-state index in [-0.39, 0.29) is 11.8 Å². The van der Waals surface area contributed by atoms with Crippen molar-refractivity contribution in [2.24, 2.45) is 11.3 Å². The summed E-state index contributed by atoms with van der Waals surface area (Å²) in [6.45, 7) is 10.4. The molecule has 4 atom stereocenters. The quantitative estimate of drug-likeness (QED) is 0.293. The summed E-state index contributed by atoms with van der Waals surface area (Å²) in [6, 6.07) is 7.50. The Balaban J connectivity index is 1.64. The molecule has 0 saturated carbocycles. The van der Waals surface area contributed by atoms with Gasteiger partial charge in [0.2, 0.25) is 11.8 Å². The number of carbonyl (C=O) groups is 4. The fourth-order valence-corrected chi connectivity index (χ4v) is 4.29. The van der Waals surface area contributed by atoms with E-state index in [0.29, 0.717) is 30.6 Å². The van der Waals surface area contributed by atoms with E-state index in [1.54, 1.807) is 46.8 Å². The van der Waals surface area contributed by atoms with Crippen LogP contribution >= 0.6 is 0 Å². The minimum absolute atomic E-state index is 0.281. The van der Waals surface area contributed by atoms with Gasteiger partial charge in [0.05, 0.1) is 22.7 Å². The fraction of sp³-hybridized carbons (Fsp3) is 0.500. The third kappa shape index (κ3) is 8.11. The first-order chi connectivity index (χ1) is 19.2. The van der Waals surface area contributed by atoms with Crippen molar-refractivity contribution in [2.45, 2.75) is 78.6 Å². The topological polar surface area (TPSA) is 161 Å². The largest absolute Gasteiger partial charge is 0.481 e. The highest BCUT2D eigenvalue weighted by Crippen LogP contribution is 2.22. The number of carbonyl (C=O) groups excluding carboxylic acids is 3. The number of aromatic nitrogens is 1. The molecule has 1 aliphatic heterocycles. The first-order valence-electron chi connectivity index (χ1n) is 13.9. The van der Waals surface area contributed by atoms with Crippen molar-refractivity contribution in [3.8, 4) is 0 Å². The number of aliphatic hydroxyl groups is 1. The van der Waals surface area contributed by atoms with Crippen LogP contribution in [-0.2, 0) is 19.2 Å². The van der Waals surface area contributed by atoms with Crippen molar-refractivity contribution in [1.82, 2.24) is 26.1 Å². The van der Waals surface area contributed by atoms with Gasteiger partial charge in [-0.3, -0.25) is 29.2 Å². The summed E-state index contributed by atoms with van der Waals surface area (Å²) in [6.07, 6.45) is 3.31. The van der Waals surface area contributed by atoms with E-state index in [1.165, 1.54) is 5.01 Å². The molecule has 1 saturated heterocycles. The van der Waals surface area contributed by atoms with Gasteiger partial charge < -0.3 is 20.8 Å². The van der Waals surface area contributed by atoms with Crippen molar-refractivity contribution in [3.63, 3.8) is 0 Å². The first-order valence-corrected chi connectivity index (χ1v) is 13.9. The number of benzene rings is 1. The van der Waals surface area contributed by atoms with Gasteiger partial charge in [-0.15, -0.1) is 0 Å². The predicted octanol–water partition coefficient (Wildman–Crippen LogP) is 2.55. The van der Waals surface area contributed by atoms with Gasteiger partial charge in [-0.05, 0) is 64.2 Å². The predicted molar refractivity (Wildman–Crippen MR) is 155 cm³/mol. The molecule has 2 aromatic rings. The first kappa shape index (κ1) is 31.7. The van der Waals surface area contributed by atoms with Crippen LogP contribution in [0.3, 0.4) is 0 Å². The number of carboxylic acids is 1. The third-order valence-electron chi connectivity index (χ3n) is 7.18. The number of aliphatic hydroxyl groups excluding tert-OH is 1. The molecule has 0 radical (unpaired) electrons. The van der Waals surface area contributed by atoms with Crippen LogP contribution in [0.4, 0.5) is 0 Å². The molecule has 5 N–H and O–H groups in total. The number of fused-ring (bicyclic) bond motifs is 1. The number of hydrazine groups is 1. The number of nitrogens with one attached hydrogen (secondary N) is 3. The Morgan fingerprint density at radius 1 is 1.10 bits per heavy atom. The molecule has 1 aliphatic rings. The molecule has 11 heteroatoms. The van der Waals surface area contributed by atoms with E-state index >= 15 is 0 Å². The minimum Gasteiger partial charge on any atom is -0.481 e. The summed E-state index contributed by atoms with van der Waals surface area (Å²) in [4.78, 5) is 54.3. The van der Waals surface area contributed by atoms with E-state index in [1.807, 2.05) is 37.3 Å². The zero-order valence-corrected chi connectivity index (χ0v) is 24.5. The number of amides is 3. The van der Waals surface area contributed by atoms with Crippen LogP contribution in [0.25, 0.3) is 17.0 Å². The SMILES string of the molecule is CC(C)[C@H](O)C(=O)N[C@@H](C)C(=O)N1CCC[C@@H](C(=O)N[C@H](C)c2ccc3ccc(C=CC(C)(C)C(=O)O)cc3n2)N1. The van der Waals surface area contributed by atoms with Crippen LogP contribution in [0.2, 0.25) is 0 Å². The van der Waals surface area contributed by atoms with Crippen LogP contribution < -0.4 is 16.1 Å². The van der Waals surface area contributed by atoms with E-state index in [0.717, 1.165) is 10.9 Å². The van der Waals surface area contributed by atoms with Crippen LogP contribution in [0, 0.1) is 11.3 Å². The number of hydrogen-bond donors (Lipinski definition) is 5. The number of nitrogens with zero attached hydrogens (tertiary/aromatic N) is 2. The summed E-state index contributed by atoms with van der Waals surface area (Å²) in [5.41, 5.74) is 4.15. The molecule has 2 heterocycles. The molecule has 41 heavy (non-hydrogen) atoms. The second-order valence-electron chi connectivity index (χ2n) is 11.5. The standard InChI is InChI=1S/C30H41N5O6/c1-17(2)25(36)27(38)32-19(4)28(39)35-15-7-8-23(34-35)26(37)31-18(3)22-12-11-21-10-9-20(16-24(21)33-22)13-14-30(5,6)29(40)41/h9-14,16-19,23,25,34,36H,7-8,15H2,1-6H3,(H,31,37)(H,32,38)(H,40,41)/t18-,19+,23+,25+/m1/s1. The van der Waals surface area contributed by atoms with Gasteiger partial charge in [0.1, 0.15) is 18.2 Å². The summed E-state index contributed by atoms with van der Waals surface area (Å²) >= 11 is 0. The van der Waals surface area contributed by atoms with Crippen LogP contribution in [0.1, 0.15) is 71.7 Å². The van der Waals surface area contributed by atoms with Crippen LogP contribution in [0.5, 0.6) is 0 Å². The molecule has 3 amide bonds. The van der Waals surface area contributed by atoms with Crippen molar-refractivity contribution < 1.29 is 29.4 Å². The molecular formula is C30H41N5O6. The number of carboxylic acid groups (broad SMARTS) is 1. The lowest BCUT2D eigenvalue weighted by Gasteiger charge is -2.35. The molecule has 11 nitrogen and oxygen atoms in total. The molecule has 1 aromatic heterocycles. The number of pyridine rings is 1. The molecular weight excluding hydrogens is 526 g/mol. The van der Waals surface area contributed by atoms with E-state index in [4.69, 9.17) is 4.98 Å². The van der Waals surface area contributed by atoms with Crippen molar-refractivity contribution >= 4 is 40.7 Å². The van der Waals surface area contributed by atoms with Gasteiger partial charge in [-0.25, -0.2) is 5.43 Å². The normalized spacial score (nSPS) is 18.2. The lowest BCUT2D eigenvalue weighted by atomic mass is 9.92. The summed E-state index contributed by atoms with van der Waals surface area (Å²) in [5.74, 6) is -2.49. The van der Waals surface area contributed by atoms with Crippen molar-refractivity contribution in [3.05, 3.63) is 47.7 Å². The highest BCUT2D eigenvalue weighted by molar-refractivity contribution is 5.89. The summed E-state index contributed by atoms with van der Waals surface area (Å²) in [5, 5.41) is 27.0. The number of aliphatic carboxylic acids is 1. The second kappa shape index (κ2) is 13.2. The smallest absolute Gasteiger partial charge is 0.312 e. The van der Waals surface area contributed by atoms with Gasteiger partial charge in [-0.1, -0.05) is 44.2 Å². The summed E-state index contributed by atoms with van der Waals surface area (Å²) < 4.78 is 0. The Hall–Kier alpha value is -3.83. The maximum Gasteiger partial charge on any atom is 0.312 e. The molecule has 0 aliphatic carbocycles. The number of rotatable bonds is 10. The minimum atomic E-state index is -1.21. The zero-order valence-electron chi connectivity index (χ0n) is 24.5. The van der Waals surface area contributed by atoms with Crippen LogP contribution in [-0.4, -0.2) is 68.6 Å². The van der Waals surface area contributed by atoms with E-state index < -0.39 is 47.4 Å². The fourth-order valence-electron chi connectivity index (χ4n) is 4.29. The third-order valence-corrected chi connectivity index (χ3v) is 7.18. The van der Waals surface area contributed by atoms with Gasteiger partial charge >= 0.3 is 5.97 Å². The second-order valence-corrected chi connectivity index (χ2v) is 11.5. The molecule has 222 valence electrons. The number of hydrogen-bond acceptors (Lipinski definition) is 7. The molecule has 1 fully saturated rings. The Labute approximate surface area is 240 Å². The van der Waals surface area contributed by atoms with Crippen molar-refractivity contribution in [1.29, 1.82) is 0 Å².